The zero-order chi connectivity index (χ0) is 25.4. The summed E-state index contributed by atoms with van der Waals surface area (Å²) in [5, 5.41) is 3.97. The average molecular weight is 500 g/mol. The number of benzene rings is 1. The van der Waals surface area contributed by atoms with Crippen LogP contribution in [0.15, 0.2) is 40.0 Å². The zero-order valence-electron chi connectivity index (χ0n) is 21.1. The van der Waals surface area contributed by atoms with E-state index < -0.39 is 10.0 Å². The molecule has 188 valence electrons. The molecule has 0 aliphatic carbocycles. The summed E-state index contributed by atoms with van der Waals surface area (Å²) in [6.07, 6.45) is 4.21. The molecule has 1 aliphatic rings. The standard InChI is InChI=1S/C25H33N5O4S/c1-7-33-22-14-26-21(13-27-22)17(3)30-11-10-18-8-9-20(12-19(18)15-30)35(31,32)29-24-16(2)23(34-28-24)25(4,5)6/h8-9,12-14,17H,7,10-11,15H2,1-6H3,(H,28,29). The molecule has 4 rings (SSSR count). The maximum Gasteiger partial charge on any atom is 0.263 e. The van der Waals surface area contributed by atoms with E-state index in [1.807, 2.05) is 40.7 Å². The lowest BCUT2D eigenvalue weighted by Crippen LogP contribution is -2.33. The van der Waals surface area contributed by atoms with Crippen LogP contribution < -0.4 is 9.46 Å². The first-order valence-corrected chi connectivity index (χ1v) is 13.3. The molecule has 1 aromatic carbocycles. The van der Waals surface area contributed by atoms with E-state index in [4.69, 9.17) is 9.26 Å². The fraction of sp³-hybridized carbons (Fsp3) is 0.480. The Morgan fingerprint density at radius 3 is 2.60 bits per heavy atom. The minimum atomic E-state index is -3.83. The Hall–Kier alpha value is -2.98. The predicted molar refractivity (Wildman–Crippen MR) is 133 cm³/mol. The summed E-state index contributed by atoms with van der Waals surface area (Å²) in [7, 11) is -3.83. The van der Waals surface area contributed by atoms with Crippen LogP contribution in [0.5, 0.6) is 5.88 Å². The summed E-state index contributed by atoms with van der Waals surface area (Å²) in [6, 6.07) is 5.33. The molecule has 2 aromatic heterocycles. The summed E-state index contributed by atoms with van der Waals surface area (Å²) in [6.45, 7) is 13.8. The van der Waals surface area contributed by atoms with Crippen LogP contribution in [0.3, 0.4) is 0 Å². The number of anilines is 1. The van der Waals surface area contributed by atoms with E-state index in [0.29, 0.717) is 30.4 Å². The molecule has 3 heterocycles. The molecular formula is C25H33N5O4S. The van der Waals surface area contributed by atoms with Crippen molar-refractivity contribution in [3.63, 3.8) is 0 Å². The highest BCUT2D eigenvalue weighted by Crippen LogP contribution is 2.32. The summed E-state index contributed by atoms with van der Waals surface area (Å²) in [5.74, 6) is 1.38. The number of hydrogen-bond donors (Lipinski definition) is 1. The first kappa shape index (κ1) is 25.1. The second kappa shape index (κ2) is 9.58. The minimum absolute atomic E-state index is 0.0262. The van der Waals surface area contributed by atoms with Gasteiger partial charge < -0.3 is 9.26 Å². The third kappa shape index (κ3) is 5.33. The molecule has 1 aliphatic heterocycles. The van der Waals surface area contributed by atoms with E-state index in [-0.39, 0.29) is 22.2 Å². The van der Waals surface area contributed by atoms with Gasteiger partial charge in [-0.25, -0.2) is 13.4 Å². The molecule has 35 heavy (non-hydrogen) atoms. The molecule has 1 N–H and O–H groups in total. The lowest BCUT2D eigenvalue weighted by molar-refractivity contribution is 0.188. The fourth-order valence-electron chi connectivity index (χ4n) is 4.32. The number of sulfonamides is 1. The van der Waals surface area contributed by atoms with Gasteiger partial charge >= 0.3 is 0 Å². The van der Waals surface area contributed by atoms with Crippen molar-refractivity contribution in [2.24, 2.45) is 0 Å². The van der Waals surface area contributed by atoms with Gasteiger partial charge in [-0.05, 0) is 50.5 Å². The minimum Gasteiger partial charge on any atom is -0.477 e. The van der Waals surface area contributed by atoms with E-state index in [0.717, 1.165) is 29.8 Å². The van der Waals surface area contributed by atoms with Crippen molar-refractivity contribution in [3.05, 3.63) is 58.7 Å². The average Bonchev–Trinajstić information content (AvgIpc) is 3.18. The monoisotopic (exact) mass is 499 g/mol. The Morgan fingerprint density at radius 1 is 1.20 bits per heavy atom. The Balaban J connectivity index is 1.53. The van der Waals surface area contributed by atoms with Crippen molar-refractivity contribution >= 4 is 15.8 Å². The number of ether oxygens (including phenoxy) is 1. The van der Waals surface area contributed by atoms with Crippen molar-refractivity contribution in [2.75, 3.05) is 17.9 Å². The van der Waals surface area contributed by atoms with E-state index in [1.165, 1.54) is 0 Å². The molecule has 0 saturated heterocycles. The zero-order valence-corrected chi connectivity index (χ0v) is 21.9. The highest BCUT2D eigenvalue weighted by Gasteiger charge is 2.28. The molecule has 0 saturated carbocycles. The van der Waals surface area contributed by atoms with Crippen LogP contribution >= 0.6 is 0 Å². The predicted octanol–water partition coefficient (Wildman–Crippen LogP) is 4.39. The smallest absolute Gasteiger partial charge is 0.263 e. The quantitative estimate of drug-likeness (QED) is 0.510. The van der Waals surface area contributed by atoms with Gasteiger partial charge in [0.2, 0.25) is 5.88 Å². The van der Waals surface area contributed by atoms with Crippen LogP contribution in [0.25, 0.3) is 0 Å². The van der Waals surface area contributed by atoms with E-state index in [1.54, 1.807) is 24.5 Å². The summed E-state index contributed by atoms with van der Waals surface area (Å²) in [5.41, 5.74) is 3.39. The molecule has 0 bridgehead atoms. The van der Waals surface area contributed by atoms with Crippen LogP contribution in [0.4, 0.5) is 5.82 Å². The molecule has 9 nitrogen and oxygen atoms in total. The molecule has 1 atom stereocenters. The number of rotatable bonds is 7. The van der Waals surface area contributed by atoms with Gasteiger partial charge in [0.1, 0.15) is 5.76 Å². The number of fused-ring (bicyclic) bond motifs is 1. The summed E-state index contributed by atoms with van der Waals surface area (Å²) < 4.78 is 39.8. The van der Waals surface area contributed by atoms with Gasteiger partial charge in [0.15, 0.2) is 5.82 Å². The lowest BCUT2D eigenvalue weighted by atomic mass is 9.91. The Kier molecular flexibility index (Phi) is 6.88. The normalized spacial score (nSPS) is 15.5. The Labute approximate surface area is 207 Å². The molecule has 0 radical (unpaired) electrons. The van der Waals surface area contributed by atoms with Gasteiger partial charge in [-0.3, -0.25) is 14.6 Å². The molecule has 3 aromatic rings. The first-order valence-electron chi connectivity index (χ1n) is 11.8. The van der Waals surface area contributed by atoms with Crippen LogP contribution in [0, 0.1) is 6.92 Å². The van der Waals surface area contributed by atoms with Crippen molar-refractivity contribution in [3.8, 4) is 5.88 Å². The Morgan fingerprint density at radius 2 is 1.97 bits per heavy atom. The van der Waals surface area contributed by atoms with Gasteiger partial charge in [0, 0.05) is 24.1 Å². The van der Waals surface area contributed by atoms with Gasteiger partial charge in [-0.2, -0.15) is 0 Å². The molecule has 1 unspecified atom stereocenters. The highest BCUT2D eigenvalue weighted by atomic mass is 32.2. The summed E-state index contributed by atoms with van der Waals surface area (Å²) >= 11 is 0. The van der Waals surface area contributed by atoms with E-state index >= 15 is 0 Å². The van der Waals surface area contributed by atoms with Crippen LogP contribution in [-0.4, -0.2) is 41.6 Å². The Bertz CT molecular complexity index is 1300. The van der Waals surface area contributed by atoms with Crippen LogP contribution in [-0.2, 0) is 28.4 Å². The maximum absolute atomic E-state index is 13.2. The van der Waals surface area contributed by atoms with Crippen molar-refractivity contribution < 1.29 is 17.7 Å². The SMILES string of the molecule is CCOc1cnc(C(C)N2CCc3ccc(S(=O)(=O)Nc4noc(C(C)(C)C)c4C)cc3C2)cn1. The van der Waals surface area contributed by atoms with Crippen LogP contribution in [0.1, 0.15) is 68.8 Å². The highest BCUT2D eigenvalue weighted by molar-refractivity contribution is 7.92. The van der Waals surface area contributed by atoms with Gasteiger partial charge in [-0.1, -0.05) is 32.0 Å². The van der Waals surface area contributed by atoms with Gasteiger partial charge in [-0.15, -0.1) is 0 Å². The molecule has 0 spiro atoms. The molecule has 10 heteroatoms. The summed E-state index contributed by atoms with van der Waals surface area (Å²) in [4.78, 5) is 11.3. The van der Waals surface area contributed by atoms with E-state index in [9.17, 15) is 8.42 Å². The van der Waals surface area contributed by atoms with Crippen molar-refractivity contribution in [1.82, 2.24) is 20.0 Å². The molecule has 0 amide bonds. The topological polar surface area (TPSA) is 110 Å². The third-order valence-electron chi connectivity index (χ3n) is 6.28. The number of nitrogens with zero attached hydrogens (tertiary/aromatic N) is 4. The fourth-order valence-corrected chi connectivity index (χ4v) is 5.43. The molecule has 0 fully saturated rings. The van der Waals surface area contributed by atoms with E-state index in [2.05, 4.69) is 31.7 Å². The lowest BCUT2D eigenvalue weighted by Gasteiger charge is -2.33. The largest absolute Gasteiger partial charge is 0.477 e. The third-order valence-corrected chi connectivity index (χ3v) is 7.62. The second-order valence-corrected chi connectivity index (χ2v) is 11.6. The van der Waals surface area contributed by atoms with Crippen molar-refractivity contribution in [1.29, 1.82) is 0 Å². The second-order valence-electron chi connectivity index (χ2n) is 9.88. The number of aromatic nitrogens is 3. The number of nitrogens with one attached hydrogen (secondary N) is 1. The first-order chi connectivity index (χ1) is 16.5. The van der Waals surface area contributed by atoms with Crippen molar-refractivity contribution in [2.45, 2.75) is 70.9 Å². The maximum atomic E-state index is 13.2. The van der Waals surface area contributed by atoms with Gasteiger partial charge in [0.25, 0.3) is 10.0 Å². The van der Waals surface area contributed by atoms with Gasteiger partial charge in [0.05, 0.1) is 35.6 Å². The number of hydrogen-bond acceptors (Lipinski definition) is 8. The van der Waals surface area contributed by atoms with Crippen LogP contribution in [0.2, 0.25) is 0 Å². The molecular weight excluding hydrogens is 466 g/mol.